The Morgan fingerprint density at radius 3 is 1.48 bits per heavy atom. The second-order valence-corrected chi connectivity index (χ2v) is 8.72. The zero-order valence-electron chi connectivity index (χ0n) is 18.8. The van der Waals surface area contributed by atoms with Crippen LogP contribution < -0.4 is 0 Å². The number of unbranched alkanes of at least 4 members (excludes halogenated alkanes) is 8. The molecule has 25 heavy (non-hydrogen) atoms. The molecule has 0 heteroatoms. The van der Waals surface area contributed by atoms with Crippen LogP contribution in [0.3, 0.4) is 0 Å². The van der Waals surface area contributed by atoms with E-state index in [0.29, 0.717) is 5.41 Å². The average Bonchev–Trinajstić information content (AvgIpc) is 2.62. The van der Waals surface area contributed by atoms with Gasteiger partial charge in [0.2, 0.25) is 0 Å². The predicted molar refractivity (Wildman–Crippen MR) is 117 cm³/mol. The van der Waals surface area contributed by atoms with Crippen molar-refractivity contribution in [2.24, 2.45) is 11.3 Å². The molecule has 0 N–H and O–H groups in total. The lowest BCUT2D eigenvalue weighted by Gasteiger charge is -2.42. The minimum absolute atomic E-state index is 0.667. The van der Waals surface area contributed by atoms with E-state index in [1.54, 1.807) is 0 Å². The smallest absolute Gasteiger partial charge is 0.0269 e. The van der Waals surface area contributed by atoms with E-state index in [1.165, 1.54) is 116 Å². The molecule has 152 valence electrons. The molecule has 0 nitrogen and oxygen atoms in total. The first-order valence-corrected chi connectivity index (χ1v) is 12.2. The summed E-state index contributed by atoms with van der Waals surface area (Å²) in [7, 11) is 0. The van der Waals surface area contributed by atoms with E-state index < -0.39 is 0 Å². The van der Waals surface area contributed by atoms with Gasteiger partial charge in [0.25, 0.3) is 0 Å². The van der Waals surface area contributed by atoms with Crippen molar-refractivity contribution < 1.29 is 0 Å². The zero-order chi connectivity index (χ0) is 18.8. The first kappa shape index (κ1) is 25.0. The Morgan fingerprint density at radius 2 is 0.920 bits per heavy atom. The van der Waals surface area contributed by atoms with E-state index in [-0.39, 0.29) is 0 Å². The summed E-state index contributed by atoms with van der Waals surface area (Å²) in [4.78, 5) is 0. The highest BCUT2D eigenvalue weighted by Gasteiger charge is 2.35. The molecule has 0 fully saturated rings. The van der Waals surface area contributed by atoms with Crippen molar-refractivity contribution in [3.63, 3.8) is 0 Å². The third kappa shape index (κ3) is 11.3. The Hall–Kier alpha value is 0. The third-order valence-corrected chi connectivity index (χ3v) is 6.48. The molecule has 0 aromatic rings. The van der Waals surface area contributed by atoms with E-state index in [2.05, 4.69) is 34.6 Å². The van der Waals surface area contributed by atoms with Crippen LogP contribution in [0.25, 0.3) is 0 Å². The van der Waals surface area contributed by atoms with Crippen molar-refractivity contribution in [2.45, 2.75) is 150 Å². The minimum atomic E-state index is 0.667. The molecule has 0 bridgehead atoms. The Kier molecular flexibility index (Phi) is 17.4. The summed E-state index contributed by atoms with van der Waals surface area (Å²) in [5.41, 5.74) is 0.667. The predicted octanol–water partition coefficient (Wildman–Crippen LogP) is 9.71. The average molecular weight is 353 g/mol. The first-order chi connectivity index (χ1) is 12.2. The SMILES string of the molecule is CCCCCCC(CCCCC)C(CCC)(CCCC)CCCCC. The fraction of sp³-hybridized carbons (Fsp3) is 1.00. The maximum atomic E-state index is 2.43. The largest absolute Gasteiger partial charge is 0.0654 e. The van der Waals surface area contributed by atoms with Crippen LogP contribution in [0.1, 0.15) is 150 Å². The van der Waals surface area contributed by atoms with Crippen molar-refractivity contribution in [3.8, 4) is 0 Å². The first-order valence-electron chi connectivity index (χ1n) is 12.2. The fourth-order valence-electron chi connectivity index (χ4n) is 4.96. The number of hydrogen-bond donors (Lipinski definition) is 0. The summed E-state index contributed by atoms with van der Waals surface area (Å²) in [6.07, 6.45) is 26.0. The van der Waals surface area contributed by atoms with Crippen LogP contribution in [0.2, 0.25) is 0 Å². The molecular formula is C25H52. The van der Waals surface area contributed by atoms with Gasteiger partial charge in [0, 0.05) is 0 Å². The monoisotopic (exact) mass is 352 g/mol. The van der Waals surface area contributed by atoms with Crippen molar-refractivity contribution in [1.82, 2.24) is 0 Å². The molecule has 2 atom stereocenters. The lowest BCUT2D eigenvalue weighted by atomic mass is 9.63. The van der Waals surface area contributed by atoms with Gasteiger partial charge in [-0.1, -0.05) is 118 Å². The normalized spacial score (nSPS) is 15.2. The van der Waals surface area contributed by atoms with E-state index in [9.17, 15) is 0 Å². The van der Waals surface area contributed by atoms with Gasteiger partial charge in [0.15, 0.2) is 0 Å². The quantitative estimate of drug-likeness (QED) is 0.203. The summed E-state index contributed by atoms with van der Waals surface area (Å²) < 4.78 is 0. The Labute approximate surface area is 161 Å². The number of hydrogen-bond acceptors (Lipinski definition) is 0. The highest BCUT2D eigenvalue weighted by molar-refractivity contribution is 4.86. The highest BCUT2D eigenvalue weighted by atomic mass is 14.4. The molecule has 0 heterocycles. The highest BCUT2D eigenvalue weighted by Crippen LogP contribution is 2.47. The topological polar surface area (TPSA) is 0 Å². The van der Waals surface area contributed by atoms with E-state index in [1.807, 2.05) is 0 Å². The van der Waals surface area contributed by atoms with Gasteiger partial charge >= 0.3 is 0 Å². The molecule has 2 unspecified atom stereocenters. The molecule has 0 aliphatic rings. The Balaban J connectivity index is 5.09. The van der Waals surface area contributed by atoms with Crippen LogP contribution in [0.15, 0.2) is 0 Å². The molecule has 0 aliphatic carbocycles. The van der Waals surface area contributed by atoms with E-state index >= 15 is 0 Å². The molecule has 0 saturated heterocycles. The van der Waals surface area contributed by atoms with Crippen LogP contribution >= 0.6 is 0 Å². The minimum Gasteiger partial charge on any atom is -0.0654 e. The van der Waals surface area contributed by atoms with Gasteiger partial charge in [-0.25, -0.2) is 0 Å². The third-order valence-electron chi connectivity index (χ3n) is 6.48. The summed E-state index contributed by atoms with van der Waals surface area (Å²) in [5.74, 6) is 0.999. The summed E-state index contributed by atoms with van der Waals surface area (Å²) in [6, 6.07) is 0. The maximum Gasteiger partial charge on any atom is -0.0269 e. The summed E-state index contributed by atoms with van der Waals surface area (Å²) in [5, 5.41) is 0. The molecular weight excluding hydrogens is 300 g/mol. The van der Waals surface area contributed by atoms with Gasteiger partial charge in [-0.15, -0.1) is 0 Å². The van der Waals surface area contributed by atoms with Gasteiger partial charge in [0.05, 0.1) is 0 Å². The Morgan fingerprint density at radius 1 is 0.440 bits per heavy atom. The van der Waals surface area contributed by atoms with Crippen molar-refractivity contribution in [1.29, 1.82) is 0 Å². The molecule has 0 aromatic heterocycles. The summed E-state index contributed by atoms with van der Waals surface area (Å²) >= 11 is 0. The molecule has 0 spiro atoms. The van der Waals surface area contributed by atoms with Gasteiger partial charge < -0.3 is 0 Å². The van der Waals surface area contributed by atoms with E-state index in [4.69, 9.17) is 0 Å². The lowest BCUT2D eigenvalue weighted by molar-refractivity contribution is 0.0850. The van der Waals surface area contributed by atoms with E-state index in [0.717, 1.165) is 5.92 Å². The standard InChI is InChI=1S/C25H52/c1-6-11-15-17-20-24(19-16-12-7-2)25(21-10-5,22-14-9-4)23-18-13-8-3/h24H,6-23H2,1-5H3. The van der Waals surface area contributed by atoms with Crippen LogP contribution in [0.4, 0.5) is 0 Å². The van der Waals surface area contributed by atoms with Gasteiger partial charge in [0.1, 0.15) is 0 Å². The molecule has 0 aromatic carbocycles. The Bertz CT molecular complexity index is 257. The van der Waals surface area contributed by atoms with Gasteiger partial charge in [-0.2, -0.15) is 0 Å². The van der Waals surface area contributed by atoms with Crippen LogP contribution in [-0.2, 0) is 0 Å². The maximum absolute atomic E-state index is 2.43. The zero-order valence-corrected chi connectivity index (χ0v) is 18.8. The van der Waals surface area contributed by atoms with Crippen molar-refractivity contribution >= 4 is 0 Å². The molecule has 0 aliphatic heterocycles. The van der Waals surface area contributed by atoms with Crippen LogP contribution in [-0.4, -0.2) is 0 Å². The fourth-order valence-corrected chi connectivity index (χ4v) is 4.96. The number of rotatable bonds is 19. The summed E-state index contributed by atoms with van der Waals surface area (Å²) in [6.45, 7) is 11.9. The second-order valence-electron chi connectivity index (χ2n) is 8.72. The second kappa shape index (κ2) is 17.4. The van der Waals surface area contributed by atoms with Crippen LogP contribution in [0, 0.1) is 11.3 Å². The molecule has 0 radical (unpaired) electrons. The van der Waals surface area contributed by atoms with Gasteiger partial charge in [-0.05, 0) is 43.4 Å². The van der Waals surface area contributed by atoms with Crippen LogP contribution in [0.5, 0.6) is 0 Å². The molecule has 0 saturated carbocycles. The lowest BCUT2D eigenvalue weighted by Crippen LogP contribution is -2.31. The molecule has 0 rings (SSSR count). The molecule has 0 amide bonds. The van der Waals surface area contributed by atoms with Gasteiger partial charge in [-0.3, -0.25) is 0 Å². The van der Waals surface area contributed by atoms with Crippen molar-refractivity contribution in [3.05, 3.63) is 0 Å². The van der Waals surface area contributed by atoms with Crippen molar-refractivity contribution in [2.75, 3.05) is 0 Å².